The van der Waals surface area contributed by atoms with Crippen LogP contribution in [-0.2, 0) is 17.0 Å². The van der Waals surface area contributed by atoms with Crippen molar-refractivity contribution in [3.63, 3.8) is 0 Å². The highest BCUT2D eigenvalue weighted by atomic mass is 32.2. The predicted molar refractivity (Wildman–Crippen MR) is 75.1 cm³/mol. The third kappa shape index (κ3) is 5.10. The molecule has 0 unspecified atom stereocenters. The van der Waals surface area contributed by atoms with Crippen LogP contribution >= 0.6 is 11.8 Å². The molecule has 0 bridgehead atoms. The lowest BCUT2D eigenvalue weighted by Gasteiger charge is -2.28. The second-order valence-corrected chi connectivity index (χ2v) is 5.60. The summed E-state index contributed by atoms with van der Waals surface area (Å²) in [7, 11) is 2.08. The van der Waals surface area contributed by atoms with Crippen LogP contribution in [0.4, 0.5) is 0 Å². The molecule has 0 aromatic carbocycles. The molecule has 2 rings (SSSR count). The minimum atomic E-state index is 0.702. The van der Waals surface area contributed by atoms with Gasteiger partial charge in [0.1, 0.15) is 0 Å². The molecule has 0 spiro atoms. The minimum absolute atomic E-state index is 0.702. The van der Waals surface area contributed by atoms with Crippen LogP contribution in [0, 0.1) is 0 Å². The maximum atomic E-state index is 5.34. The predicted octanol–water partition coefficient (Wildman–Crippen LogP) is 0.697. The van der Waals surface area contributed by atoms with Gasteiger partial charge in [-0.2, -0.15) is 16.7 Å². The molecule has 108 valence electrons. The first kappa shape index (κ1) is 14.8. The molecule has 7 heteroatoms. The van der Waals surface area contributed by atoms with Gasteiger partial charge in [-0.25, -0.2) is 0 Å². The van der Waals surface area contributed by atoms with Crippen LogP contribution in [0.15, 0.2) is 4.52 Å². The fourth-order valence-electron chi connectivity index (χ4n) is 1.99. The maximum absolute atomic E-state index is 5.34. The fourth-order valence-corrected chi connectivity index (χ4v) is 2.36. The minimum Gasteiger partial charge on any atom is -0.379 e. The molecule has 1 aliphatic heterocycles. The number of ether oxygens (including phenoxy) is 1. The summed E-state index contributed by atoms with van der Waals surface area (Å²) < 4.78 is 10.6. The van der Waals surface area contributed by atoms with Crippen molar-refractivity contribution >= 4 is 11.8 Å². The lowest BCUT2D eigenvalue weighted by Crippen LogP contribution is -2.40. The third-order valence-corrected chi connectivity index (χ3v) is 3.64. The van der Waals surface area contributed by atoms with Crippen LogP contribution in [0.5, 0.6) is 0 Å². The number of aromatic nitrogens is 2. The zero-order chi connectivity index (χ0) is 13.5. The van der Waals surface area contributed by atoms with Crippen molar-refractivity contribution in [3.8, 4) is 0 Å². The number of rotatable bonds is 7. The molecule has 0 amide bonds. The molecule has 0 N–H and O–H groups in total. The Kier molecular flexibility index (Phi) is 6.09. The first-order valence-electron chi connectivity index (χ1n) is 6.57. The lowest BCUT2D eigenvalue weighted by atomic mass is 10.4. The van der Waals surface area contributed by atoms with E-state index in [0.717, 1.165) is 51.0 Å². The Bertz CT molecular complexity index is 368. The smallest absolute Gasteiger partial charge is 0.240 e. The number of hydrogen-bond donors (Lipinski definition) is 0. The summed E-state index contributed by atoms with van der Waals surface area (Å²) in [5, 5.41) is 3.95. The number of hydrogen-bond acceptors (Lipinski definition) is 7. The Morgan fingerprint density at radius 3 is 2.89 bits per heavy atom. The molecule has 0 atom stereocenters. The van der Waals surface area contributed by atoms with E-state index in [0.29, 0.717) is 12.4 Å². The van der Waals surface area contributed by atoms with Crippen molar-refractivity contribution < 1.29 is 9.26 Å². The van der Waals surface area contributed by atoms with Crippen LogP contribution in [0.3, 0.4) is 0 Å². The van der Waals surface area contributed by atoms with Gasteiger partial charge in [0, 0.05) is 26.2 Å². The van der Waals surface area contributed by atoms with E-state index in [1.165, 1.54) is 0 Å². The molecule has 2 heterocycles. The Hall–Kier alpha value is -0.630. The number of thioether (sulfide) groups is 1. The van der Waals surface area contributed by atoms with E-state index >= 15 is 0 Å². The van der Waals surface area contributed by atoms with Gasteiger partial charge in [0.15, 0.2) is 5.82 Å². The molecule has 1 fully saturated rings. The quantitative estimate of drug-likeness (QED) is 0.731. The second-order valence-electron chi connectivity index (χ2n) is 4.73. The normalized spacial score (nSPS) is 17.2. The zero-order valence-corrected chi connectivity index (χ0v) is 12.5. The summed E-state index contributed by atoms with van der Waals surface area (Å²) in [5.41, 5.74) is 0. The summed E-state index contributed by atoms with van der Waals surface area (Å²) in [5.74, 6) is 2.29. The monoisotopic (exact) mass is 286 g/mol. The standard InChI is InChI=1S/C12H22N4O2S/c1-15(3-4-16-5-7-17-8-6-16)9-12-13-11(10-19-2)14-18-12/h3-10H2,1-2H3. The van der Waals surface area contributed by atoms with Gasteiger partial charge in [-0.05, 0) is 13.3 Å². The van der Waals surface area contributed by atoms with E-state index in [4.69, 9.17) is 9.26 Å². The Morgan fingerprint density at radius 1 is 1.37 bits per heavy atom. The first-order chi connectivity index (χ1) is 9.28. The average molecular weight is 286 g/mol. The first-order valence-corrected chi connectivity index (χ1v) is 7.96. The Morgan fingerprint density at radius 2 is 2.16 bits per heavy atom. The van der Waals surface area contributed by atoms with Crippen LogP contribution in [0.1, 0.15) is 11.7 Å². The van der Waals surface area contributed by atoms with Crippen molar-refractivity contribution in [3.05, 3.63) is 11.7 Å². The van der Waals surface area contributed by atoms with Crippen LogP contribution in [-0.4, -0.2) is 72.6 Å². The molecule has 0 radical (unpaired) electrons. The van der Waals surface area contributed by atoms with Crippen LogP contribution in [0.2, 0.25) is 0 Å². The summed E-state index contributed by atoms with van der Waals surface area (Å²) in [6.45, 7) is 6.55. The highest BCUT2D eigenvalue weighted by Crippen LogP contribution is 2.07. The van der Waals surface area contributed by atoms with Gasteiger partial charge in [0.25, 0.3) is 0 Å². The van der Waals surface area contributed by atoms with E-state index in [-0.39, 0.29) is 0 Å². The van der Waals surface area contributed by atoms with E-state index in [1.54, 1.807) is 11.8 Å². The van der Waals surface area contributed by atoms with Gasteiger partial charge in [0.2, 0.25) is 5.89 Å². The van der Waals surface area contributed by atoms with E-state index in [1.807, 2.05) is 6.26 Å². The van der Waals surface area contributed by atoms with Crippen molar-refractivity contribution in [2.45, 2.75) is 12.3 Å². The molecule has 1 aliphatic rings. The topological polar surface area (TPSA) is 54.6 Å². The van der Waals surface area contributed by atoms with E-state index in [2.05, 4.69) is 27.0 Å². The van der Waals surface area contributed by atoms with Gasteiger partial charge in [-0.3, -0.25) is 9.80 Å². The van der Waals surface area contributed by atoms with Crippen LogP contribution < -0.4 is 0 Å². The van der Waals surface area contributed by atoms with E-state index < -0.39 is 0 Å². The van der Waals surface area contributed by atoms with Crippen molar-refractivity contribution in [2.75, 3.05) is 52.7 Å². The molecule has 19 heavy (non-hydrogen) atoms. The fraction of sp³-hybridized carbons (Fsp3) is 0.833. The highest BCUT2D eigenvalue weighted by Gasteiger charge is 2.12. The molecule has 1 aromatic heterocycles. The molecule has 6 nitrogen and oxygen atoms in total. The van der Waals surface area contributed by atoms with Crippen LogP contribution in [0.25, 0.3) is 0 Å². The van der Waals surface area contributed by atoms with Gasteiger partial charge < -0.3 is 9.26 Å². The van der Waals surface area contributed by atoms with Gasteiger partial charge >= 0.3 is 0 Å². The molecule has 1 aromatic rings. The summed E-state index contributed by atoms with van der Waals surface area (Å²) in [6.07, 6.45) is 2.03. The molecular formula is C12H22N4O2S. The van der Waals surface area contributed by atoms with Gasteiger partial charge in [0.05, 0.1) is 25.5 Å². The number of likely N-dealkylation sites (N-methyl/N-ethyl adjacent to an activating group) is 1. The van der Waals surface area contributed by atoms with Crippen molar-refractivity contribution in [1.82, 2.24) is 19.9 Å². The number of nitrogens with zero attached hydrogens (tertiary/aromatic N) is 4. The van der Waals surface area contributed by atoms with E-state index in [9.17, 15) is 0 Å². The molecule has 0 saturated carbocycles. The Balaban J connectivity index is 1.69. The largest absolute Gasteiger partial charge is 0.379 e. The Labute approximate surface area is 118 Å². The van der Waals surface area contributed by atoms with Gasteiger partial charge in [-0.1, -0.05) is 5.16 Å². The second kappa shape index (κ2) is 7.84. The summed E-state index contributed by atoms with van der Waals surface area (Å²) in [4.78, 5) is 9.00. The summed E-state index contributed by atoms with van der Waals surface area (Å²) in [6, 6.07) is 0. The average Bonchev–Trinajstić information content (AvgIpc) is 2.85. The third-order valence-electron chi connectivity index (χ3n) is 3.09. The number of morpholine rings is 1. The zero-order valence-electron chi connectivity index (χ0n) is 11.7. The lowest BCUT2D eigenvalue weighted by molar-refractivity contribution is 0.0338. The van der Waals surface area contributed by atoms with Gasteiger partial charge in [-0.15, -0.1) is 0 Å². The van der Waals surface area contributed by atoms with Crippen molar-refractivity contribution in [1.29, 1.82) is 0 Å². The molecular weight excluding hydrogens is 264 g/mol. The molecule has 0 aliphatic carbocycles. The maximum Gasteiger partial charge on any atom is 0.240 e. The SMILES string of the molecule is CSCc1noc(CN(C)CCN2CCOCC2)n1. The summed E-state index contributed by atoms with van der Waals surface area (Å²) >= 11 is 1.70. The molecule has 1 saturated heterocycles. The highest BCUT2D eigenvalue weighted by molar-refractivity contribution is 7.97. The van der Waals surface area contributed by atoms with Crippen molar-refractivity contribution in [2.24, 2.45) is 0 Å².